The van der Waals surface area contributed by atoms with E-state index in [9.17, 15) is 4.21 Å². The Morgan fingerprint density at radius 1 is 0.984 bits per heavy atom. The van der Waals surface area contributed by atoms with Gasteiger partial charge >= 0.3 is 0 Å². The second-order valence-corrected chi connectivity index (χ2v) is 20.8. The maximum atomic E-state index is 16.2. The van der Waals surface area contributed by atoms with Crippen LogP contribution in [-0.2, 0) is 20.9 Å². The zero-order chi connectivity index (χ0) is 43.6. The van der Waals surface area contributed by atoms with E-state index in [0.29, 0.717) is 43.1 Å². The van der Waals surface area contributed by atoms with E-state index in [1.54, 1.807) is 6.20 Å². The van der Waals surface area contributed by atoms with Gasteiger partial charge < -0.3 is 19.6 Å². The number of rotatable bonds is 14. The topological polar surface area (TPSA) is 130 Å². The van der Waals surface area contributed by atoms with Crippen molar-refractivity contribution in [1.82, 2.24) is 34.7 Å². The molecule has 0 spiro atoms. The summed E-state index contributed by atoms with van der Waals surface area (Å²) in [6.07, 6.45) is 9.63. The summed E-state index contributed by atoms with van der Waals surface area (Å²) in [5, 5.41) is 1.93. The third kappa shape index (κ3) is 8.07. The highest BCUT2D eigenvalue weighted by atomic mass is 32.2. The van der Waals surface area contributed by atoms with Gasteiger partial charge in [0.25, 0.3) is 0 Å². The number of H-pyrrole nitrogens is 2. The van der Waals surface area contributed by atoms with Crippen LogP contribution >= 0.6 is 0 Å². The fraction of sp³-hybridized carbons (Fsp3) is 0.468. The van der Waals surface area contributed by atoms with Gasteiger partial charge in [0.1, 0.15) is 34.5 Å². The van der Waals surface area contributed by atoms with Gasteiger partial charge in [0.15, 0.2) is 5.82 Å². The van der Waals surface area contributed by atoms with E-state index in [2.05, 4.69) is 31.7 Å². The Kier molecular flexibility index (Phi) is 11.1. The minimum atomic E-state index is -2.90. The molecule has 4 atom stereocenters. The van der Waals surface area contributed by atoms with Gasteiger partial charge in [-0.1, -0.05) is 18.2 Å². The van der Waals surface area contributed by atoms with Crippen molar-refractivity contribution >= 4 is 37.5 Å². The minimum absolute atomic E-state index is 0.0193. The van der Waals surface area contributed by atoms with E-state index in [0.717, 1.165) is 84.3 Å². The van der Waals surface area contributed by atoms with Crippen molar-refractivity contribution in [3.05, 3.63) is 101 Å². The van der Waals surface area contributed by atoms with E-state index in [4.69, 9.17) is 19.5 Å². The molecule has 328 valence electrons. The highest BCUT2D eigenvalue weighted by molar-refractivity contribution is 7.93. The number of nitrogens with one attached hydrogen (secondary N) is 3. The number of fused-ring (bicyclic) bond motifs is 4. The molecule has 0 amide bonds. The lowest BCUT2D eigenvalue weighted by Crippen LogP contribution is -2.52. The summed E-state index contributed by atoms with van der Waals surface area (Å²) in [5.74, 6) is 0.0434. The summed E-state index contributed by atoms with van der Waals surface area (Å²) in [6.45, 7) is 10.8. The van der Waals surface area contributed by atoms with E-state index in [1.165, 1.54) is 32.2 Å². The zero-order valence-corrected chi connectivity index (χ0v) is 36.9. The van der Waals surface area contributed by atoms with Crippen LogP contribution in [0.15, 0.2) is 67.0 Å². The Bertz CT molecular complexity index is 2700. The Balaban J connectivity index is 0.822. The summed E-state index contributed by atoms with van der Waals surface area (Å²) in [5.41, 5.74) is 3.18. The average Bonchev–Trinajstić information content (AvgIpc) is 3.78. The van der Waals surface area contributed by atoms with Crippen LogP contribution in [0.2, 0.25) is 0 Å². The monoisotopic (exact) mass is 867 g/mol. The molecule has 11 nitrogen and oxygen atoms in total. The van der Waals surface area contributed by atoms with Gasteiger partial charge in [0, 0.05) is 108 Å². The Morgan fingerprint density at radius 2 is 1.76 bits per heavy atom. The molecule has 0 unspecified atom stereocenters. The van der Waals surface area contributed by atoms with Crippen LogP contribution in [0, 0.1) is 16.4 Å². The molecule has 2 aromatic carbocycles. The summed E-state index contributed by atoms with van der Waals surface area (Å²) in [7, 11) is -2.90. The first-order valence-corrected chi connectivity index (χ1v) is 23.8. The molecule has 6 aromatic rings. The third-order valence-electron chi connectivity index (χ3n) is 13.1. The number of hydrogen-bond acceptors (Lipinski definition) is 9. The molecule has 6 heterocycles. The van der Waals surface area contributed by atoms with Crippen molar-refractivity contribution in [1.29, 1.82) is 4.78 Å². The van der Waals surface area contributed by atoms with Gasteiger partial charge in [-0.05, 0) is 96.5 Å². The number of ether oxygens (including phenoxy) is 1. The quantitative estimate of drug-likeness (QED) is 0.0925. The van der Waals surface area contributed by atoms with E-state index in [-0.39, 0.29) is 29.9 Å². The molecule has 62 heavy (non-hydrogen) atoms. The number of aromatic nitrogens is 5. The maximum Gasteiger partial charge on any atom is 0.162 e. The molecule has 1 saturated heterocycles. The summed E-state index contributed by atoms with van der Waals surface area (Å²) in [6, 6.07) is 15.4. The molecule has 1 saturated carbocycles. The number of piperazine rings is 1. The summed E-state index contributed by atoms with van der Waals surface area (Å²) in [4.78, 5) is 27.7. The van der Waals surface area contributed by atoms with Crippen LogP contribution in [0.3, 0.4) is 0 Å². The summed E-state index contributed by atoms with van der Waals surface area (Å²) < 4.78 is 74.5. The normalized spacial score (nSPS) is 21.6. The number of anilines is 1. The predicted octanol–water partition coefficient (Wildman–Crippen LogP) is 9.29. The Labute approximate surface area is 361 Å². The highest BCUT2D eigenvalue weighted by Crippen LogP contribution is 2.53. The van der Waals surface area contributed by atoms with Gasteiger partial charge in [-0.15, -0.1) is 0 Å². The van der Waals surface area contributed by atoms with E-state index < -0.39 is 37.8 Å². The van der Waals surface area contributed by atoms with Crippen molar-refractivity contribution < 1.29 is 22.1 Å². The van der Waals surface area contributed by atoms with Crippen molar-refractivity contribution in [2.75, 3.05) is 50.5 Å². The second-order valence-electron chi connectivity index (χ2n) is 18.3. The van der Waals surface area contributed by atoms with Crippen LogP contribution in [0.25, 0.3) is 33.3 Å². The SMILES string of the molecule is C[C@@H]1CN(CCCCCOc2cc(F)c([C@@H]3c4[nH]c5ccccc5c4C[C@@H](C)N3CC(C)(C)F)c(F)c2)CCN1c1cc(C2([S@](C)(=N)=O)CC2)nc(-c2ccnc3[nH]ccc23)n1. The van der Waals surface area contributed by atoms with Crippen LogP contribution in [0.5, 0.6) is 5.75 Å². The van der Waals surface area contributed by atoms with Crippen LogP contribution in [0.1, 0.15) is 88.4 Å². The number of para-hydroxylation sites is 1. The number of pyridine rings is 1. The molecule has 2 aliphatic heterocycles. The van der Waals surface area contributed by atoms with Crippen molar-refractivity contribution in [2.24, 2.45) is 0 Å². The number of unbranched alkanes of at least 4 members (excludes halogenated alkanes) is 2. The number of aromatic amines is 2. The minimum Gasteiger partial charge on any atom is -0.493 e. The third-order valence-corrected chi connectivity index (χ3v) is 15.2. The van der Waals surface area contributed by atoms with Crippen molar-refractivity contribution in [2.45, 2.75) is 94.8 Å². The first-order valence-electron chi connectivity index (χ1n) is 21.8. The number of alkyl halides is 1. The molecular weight excluding hydrogens is 812 g/mol. The molecule has 2 fully saturated rings. The lowest BCUT2D eigenvalue weighted by Gasteiger charge is -2.43. The van der Waals surface area contributed by atoms with Gasteiger partial charge in [-0.2, -0.15) is 0 Å². The zero-order valence-electron chi connectivity index (χ0n) is 36.1. The van der Waals surface area contributed by atoms with E-state index in [1.807, 2.05) is 60.5 Å². The van der Waals surface area contributed by atoms with Crippen LogP contribution in [0.4, 0.5) is 19.0 Å². The Morgan fingerprint density at radius 3 is 2.48 bits per heavy atom. The molecule has 3 aliphatic rings. The maximum absolute atomic E-state index is 16.2. The predicted molar refractivity (Wildman–Crippen MR) is 239 cm³/mol. The van der Waals surface area contributed by atoms with Crippen LogP contribution < -0.4 is 9.64 Å². The Hall–Kier alpha value is -4.99. The molecule has 9 rings (SSSR count). The smallest absolute Gasteiger partial charge is 0.162 e. The molecular formula is C47H56F3N9O2S. The van der Waals surface area contributed by atoms with Gasteiger partial charge in [0.05, 0.1) is 32.8 Å². The molecule has 0 bridgehead atoms. The molecule has 3 N–H and O–H groups in total. The fourth-order valence-corrected chi connectivity index (χ4v) is 11.2. The first kappa shape index (κ1) is 42.3. The second kappa shape index (κ2) is 16.3. The van der Waals surface area contributed by atoms with Gasteiger partial charge in [-0.3, -0.25) is 14.6 Å². The highest BCUT2D eigenvalue weighted by Gasteiger charge is 2.53. The average molecular weight is 868 g/mol. The molecule has 4 aromatic heterocycles. The number of benzene rings is 2. The number of hydrogen-bond donors (Lipinski definition) is 3. The summed E-state index contributed by atoms with van der Waals surface area (Å²) >= 11 is 0. The number of nitrogens with zero attached hydrogens (tertiary/aromatic N) is 6. The van der Waals surface area contributed by atoms with Gasteiger partial charge in [-0.25, -0.2) is 32.3 Å². The van der Waals surface area contributed by atoms with Crippen molar-refractivity contribution in [3.63, 3.8) is 0 Å². The lowest BCUT2D eigenvalue weighted by molar-refractivity contribution is 0.0642. The lowest BCUT2D eigenvalue weighted by atomic mass is 9.87. The first-order chi connectivity index (χ1) is 29.6. The van der Waals surface area contributed by atoms with Crippen LogP contribution in [-0.4, -0.2) is 102 Å². The number of halogens is 3. The standard InChI is InChI=1S/C47H56F3N9O2S/c1-29-23-35-32-11-7-8-12-38(32)54-42(35)43(59(29)28-46(3,4)50)41-36(48)24-31(25-37(41)49)61-22-10-6-9-19-57-20-21-58(30(2)27-57)40-26-39(47(15-16-47)62(5,51)60)55-45(56-40)34-14-18-53-44-33(34)13-17-52-44/h7-8,11-14,17-18,24-26,29-30,43,51,54H,6,9-10,15-16,19-23,27-28H2,1-5H3,(H,52,53)/t29-,30-,43-,62-/m1/s1. The molecule has 1 aliphatic carbocycles. The van der Waals surface area contributed by atoms with E-state index >= 15 is 13.2 Å². The molecule has 15 heteroatoms. The van der Waals surface area contributed by atoms with Crippen molar-refractivity contribution in [3.8, 4) is 17.1 Å². The molecule has 0 radical (unpaired) electrons. The van der Waals surface area contributed by atoms with Gasteiger partial charge in [0.2, 0.25) is 0 Å². The largest absolute Gasteiger partial charge is 0.493 e. The fourth-order valence-electron chi connectivity index (χ4n) is 9.83.